The Bertz CT molecular complexity index is 93.6. The van der Waals surface area contributed by atoms with Gasteiger partial charge >= 0.3 is 0 Å². The molecule has 1 fully saturated rings. The van der Waals surface area contributed by atoms with Gasteiger partial charge in [-0.05, 0) is 13.5 Å². The molecule has 2 nitrogen and oxygen atoms in total. The average molecular weight is 164 g/mol. The molecule has 0 N–H and O–H groups in total. The highest BCUT2D eigenvalue weighted by atomic mass is 35.5. The third kappa shape index (κ3) is 2.11. The lowest BCUT2D eigenvalue weighted by Crippen LogP contribution is -2.33. The van der Waals surface area contributed by atoms with Crippen LogP contribution < -0.4 is 0 Å². The van der Waals surface area contributed by atoms with E-state index in [-0.39, 0.29) is 0 Å². The Morgan fingerprint density at radius 3 is 3.00 bits per heavy atom. The Morgan fingerprint density at radius 1 is 1.70 bits per heavy atom. The summed E-state index contributed by atoms with van der Waals surface area (Å²) in [6, 6.07) is 0.610. The molecule has 0 aliphatic carbocycles. The van der Waals surface area contributed by atoms with Gasteiger partial charge in [0.15, 0.2) is 0 Å². The number of hydrogen-bond donors (Lipinski definition) is 0. The molecule has 0 aromatic carbocycles. The summed E-state index contributed by atoms with van der Waals surface area (Å²) < 4.78 is 5.24. The second kappa shape index (κ2) is 4.16. The number of ether oxygens (including phenoxy) is 1. The average Bonchev–Trinajstić information content (AvgIpc) is 2.38. The fourth-order valence-corrected chi connectivity index (χ4v) is 1.45. The Kier molecular flexibility index (Phi) is 3.46. The first kappa shape index (κ1) is 8.31. The molecule has 0 saturated carbocycles. The zero-order valence-corrected chi connectivity index (χ0v) is 7.10. The number of halogens is 1. The van der Waals surface area contributed by atoms with Gasteiger partial charge in [0.25, 0.3) is 0 Å². The summed E-state index contributed by atoms with van der Waals surface area (Å²) in [5.41, 5.74) is 0. The van der Waals surface area contributed by atoms with Gasteiger partial charge in [0.05, 0.1) is 6.61 Å². The molecular formula is C7H14ClNO. The van der Waals surface area contributed by atoms with Crippen LogP contribution in [0.25, 0.3) is 0 Å². The topological polar surface area (TPSA) is 12.5 Å². The molecule has 0 bridgehead atoms. The van der Waals surface area contributed by atoms with Gasteiger partial charge in [0.1, 0.15) is 0 Å². The molecule has 1 heterocycles. The summed E-state index contributed by atoms with van der Waals surface area (Å²) in [6.45, 7) is 2.76. The molecule has 0 aromatic rings. The van der Waals surface area contributed by atoms with Gasteiger partial charge in [-0.1, -0.05) is 0 Å². The first-order chi connectivity index (χ1) is 4.84. The SMILES string of the molecule is CN(CCCl)C1CCOC1. The summed E-state index contributed by atoms with van der Waals surface area (Å²) in [6.07, 6.45) is 1.16. The maximum Gasteiger partial charge on any atom is 0.0622 e. The van der Waals surface area contributed by atoms with E-state index in [1.807, 2.05) is 0 Å². The minimum atomic E-state index is 0.610. The number of rotatable bonds is 3. The van der Waals surface area contributed by atoms with Gasteiger partial charge < -0.3 is 4.74 Å². The van der Waals surface area contributed by atoms with E-state index in [9.17, 15) is 0 Å². The predicted molar refractivity (Wildman–Crippen MR) is 42.6 cm³/mol. The van der Waals surface area contributed by atoms with E-state index in [2.05, 4.69) is 11.9 Å². The summed E-state index contributed by atoms with van der Waals surface area (Å²) in [7, 11) is 2.10. The lowest BCUT2D eigenvalue weighted by molar-refractivity contribution is 0.162. The monoisotopic (exact) mass is 163 g/mol. The van der Waals surface area contributed by atoms with E-state index >= 15 is 0 Å². The highest BCUT2D eigenvalue weighted by Gasteiger charge is 2.18. The third-order valence-electron chi connectivity index (χ3n) is 1.97. The summed E-state index contributed by atoms with van der Waals surface area (Å²) in [5, 5.41) is 0. The van der Waals surface area contributed by atoms with E-state index in [1.165, 1.54) is 0 Å². The number of hydrogen-bond acceptors (Lipinski definition) is 2. The largest absolute Gasteiger partial charge is 0.380 e. The summed E-state index contributed by atoms with van der Waals surface area (Å²) in [4.78, 5) is 2.26. The lowest BCUT2D eigenvalue weighted by atomic mass is 10.2. The third-order valence-corrected chi connectivity index (χ3v) is 2.14. The van der Waals surface area contributed by atoms with Crippen molar-refractivity contribution in [1.29, 1.82) is 0 Å². The van der Waals surface area contributed by atoms with Crippen LogP contribution in [0.5, 0.6) is 0 Å². The normalized spacial score (nSPS) is 26.1. The maximum atomic E-state index is 5.59. The van der Waals surface area contributed by atoms with Crippen LogP contribution >= 0.6 is 11.6 Å². The fraction of sp³-hybridized carbons (Fsp3) is 1.00. The first-order valence-electron chi connectivity index (χ1n) is 3.68. The highest BCUT2D eigenvalue weighted by molar-refractivity contribution is 6.18. The molecule has 0 spiro atoms. The van der Waals surface area contributed by atoms with Crippen molar-refractivity contribution >= 4 is 11.6 Å². The van der Waals surface area contributed by atoms with Crippen molar-refractivity contribution in [1.82, 2.24) is 4.90 Å². The van der Waals surface area contributed by atoms with Crippen LogP contribution in [0.2, 0.25) is 0 Å². The number of likely N-dealkylation sites (N-methyl/N-ethyl adjacent to an activating group) is 1. The molecule has 1 unspecified atom stereocenters. The minimum Gasteiger partial charge on any atom is -0.380 e. The van der Waals surface area contributed by atoms with Crippen LogP contribution in [0.3, 0.4) is 0 Å². The van der Waals surface area contributed by atoms with E-state index in [0.29, 0.717) is 11.9 Å². The standard InChI is InChI=1S/C7H14ClNO/c1-9(4-3-8)7-2-5-10-6-7/h7H,2-6H2,1H3. The molecule has 1 rings (SSSR count). The molecule has 1 saturated heterocycles. The van der Waals surface area contributed by atoms with Crippen molar-refractivity contribution in [2.75, 3.05) is 32.7 Å². The van der Waals surface area contributed by atoms with E-state index < -0.39 is 0 Å². The Morgan fingerprint density at radius 2 is 2.50 bits per heavy atom. The van der Waals surface area contributed by atoms with Gasteiger partial charge in [-0.15, -0.1) is 11.6 Å². The lowest BCUT2D eigenvalue weighted by Gasteiger charge is -2.20. The van der Waals surface area contributed by atoms with Crippen molar-refractivity contribution in [3.63, 3.8) is 0 Å². The molecule has 0 aromatic heterocycles. The highest BCUT2D eigenvalue weighted by Crippen LogP contribution is 2.09. The Hall–Kier alpha value is 0.210. The second-order valence-electron chi connectivity index (χ2n) is 2.69. The summed E-state index contributed by atoms with van der Waals surface area (Å²) >= 11 is 5.59. The Balaban J connectivity index is 2.18. The van der Waals surface area contributed by atoms with Crippen LogP contribution in [0.15, 0.2) is 0 Å². The van der Waals surface area contributed by atoms with Gasteiger partial charge in [0.2, 0.25) is 0 Å². The first-order valence-corrected chi connectivity index (χ1v) is 4.22. The van der Waals surface area contributed by atoms with E-state index in [0.717, 1.165) is 26.2 Å². The van der Waals surface area contributed by atoms with Gasteiger partial charge in [-0.2, -0.15) is 0 Å². The van der Waals surface area contributed by atoms with E-state index in [1.54, 1.807) is 0 Å². The Labute approximate surface area is 67.1 Å². The molecule has 1 atom stereocenters. The smallest absolute Gasteiger partial charge is 0.0622 e. The molecule has 10 heavy (non-hydrogen) atoms. The van der Waals surface area contributed by atoms with Gasteiger partial charge in [0, 0.05) is 25.1 Å². The molecule has 3 heteroatoms. The molecular weight excluding hydrogens is 150 g/mol. The zero-order valence-electron chi connectivity index (χ0n) is 6.35. The molecule has 60 valence electrons. The van der Waals surface area contributed by atoms with Crippen LogP contribution in [0.4, 0.5) is 0 Å². The van der Waals surface area contributed by atoms with Crippen molar-refractivity contribution in [3.8, 4) is 0 Å². The van der Waals surface area contributed by atoms with Crippen molar-refractivity contribution in [2.45, 2.75) is 12.5 Å². The van der Waals surface area contributed by atoms with Crippen molar-refractivity contribution in [2.24, 2.45) is 0 Å². The zero-order chi connectivity index (χ0) is 7.40. The van der Waals surface area contributed by atoms with Gasteiger partial charge in [-0.25, -0.2) is 0 Å². The summed E-state index contributed by atoms with van der Waals surface area (Å²) in [5.74, 6) is 0.715. The molecule has 1 aliphatic heterocycles. The second-order valence-corrected chi connectivity index (χ2v) is 3.06. The van der Waals surface area contributed by atoms with Crippen molar-refractivity contribution < 1.29 is 4.74 Å². The number of nitrogens with zero attached hydrogens (tertiary/aromatic N) is 1. The minimum absolute atomic E-state index is 0.610. The van der Waals surface area contributed by atoms with E-state index in [4.69, 9.17) is 16.3 Å². The van der Waals surface area contributed by atoms with Gasteiger partial charge in [-0.3, -0.25) is 4.90 Å². The molecule has 0 radical (unpaired) electrons. The van der Waals surface area contributed by atoms with Crippen LogP contribution in [0, 0.1) is 0 Å². The number of alkyl halides is 1. The molecule has 0 amide bonds. The fourth-order valence-electron chi connectivity index (χ4n) is 1.19. The van der Waals surface area contributed by atoms with Crippen LogP contribution in [-0.4, -0.2) is 43.6 Å². The van der Waals surface area contributed by atoms with Crippen LogP contribution in [-0.2, 0) is 4.74 Å². The quantitative estimate of drug-likeness (QED) is 0.575. The maximum absolute atomic E-state index is 5.59. The van der Waals surface area contributed by atoms with Crippen LogP contribution in [0.1, 0.15) is 6.42 Å². The predicted octanol–water partition coefficient (Wildman–Crippen LogP) is 0.946. The molecule has 1 aliphatic rings. The van der Waals surface area contributed by atoms with Crippen molar-refractivity contribution in [3.05, 3.63) is 0 Å².